The van der Waals surface area contributed by atoms with Gasteiger partial charge in [0, 0.05) is 10.4 Å². The van der Waals surface area contributed by atoms with Gasteiger partial charge >= 0.3 is 5.97 Å². The maximum Gasteiger partial charge on any atom is 0.340 e. The first-order chi connectivity index (χ1) is 13.4. The van der Waals surface area contributed by atoms with E-state index < -0.39 is 5.97 Å². The second kappa shape index (κ2) is 8.43. The van der Waals surface area contributed by atoms with Crippen molar-refractivity contribution in [3.05, 3.63) is 44.6 Å². The molecule has 1 atom stereocenters. The van der Waals surface area contributed by atoms with Crippen LogP contribution < -0.4 is 14.9 Å². The molecule has 148 valence electrons. The van der Waals surface area contributed by atoms with Crippen molar-refractivity contribution >= 4 is 29.4 Å². The summed E-state index contributed by atoms with van der Waals surface area (Å²) < 4.78 is 10.3. The zero-order valence-electron chi connectivity index (χ0n) is 15.9. The van der Waals surface area contributed by atoms with Crippen molar-refractivity contribution in [3.8, 4) is 11.5 Å². The molecule has 0 radical (unpaired) electrons. The number of rotatable bonds is 6. The van der Waals surface area contributed by atoms with E-state index >= 15 is 0 Å². The molecule has 28 heavy (non-hydrogen) atoms. The molecule has 1 aliphatic rings. The first-order valence-corrected chi connectivity index (χ1v) is 9.69. The first-order valence-electron chi connectivity index (χ1n) is 8.87. The summed E-state index contributed by atoms with van der Waals surface area (Å²) in [5.41, 5.74) is 3.93. The third-order valence-corrected chi connectivity index (χ3v) is 5.95. The van der Waals surface area contributed by atoms with Gasteiger partial charge in [-0.25, -0.2) is 10.2 Å². The van der Waals surface area contributed by atoms with E-state index in [4.69, 9.17) is 9.47 Å². The lowest BCUT2D eigenvalue weighted by Gasteiger charge is -2.16. The number of methoxy groups -OCH3 is 2. The number of fused-ring (bicyclic) bond motifs is 1. The number of carbonyl (C=O) groups is 2. The number of carbonyl (C=O) groups excluding carboxylic acids is 1. The number of amides is 1. The smallest absolute Gasteiger partial charge is 0.340 e. The van der Waals surface area contributed by atoms with E-state index in [-0.39, 0.29) is 17.2 Å². The highest BCUT2D eigenvalue weighted by atomic mass is 32.1. The molecule has 0 saturated carbocycles. The summed E-state index contributed by atoms with van der Waals surface area (Å²) in [7, 11) is 2.80. The van der Waals surface area contributed by atoms with Crippen molar-refractivity contribution in [1.29, 1.82) is 0 Å². The average molecular weight is 402 g/mol. The summed E-state index contributed by atoms with van der Waals surface area (Å²) in [4.78, 5) is 25.9. The van der Waals surface area contributed by atoms with E-state index in [1.54, 1.807) is 12.1 Å². The fourth-order valence-electron chi connectivity index (χ4n) is 3.30. The zero-order chi connectivity index (χ0) is 20.3. The minimum atomic E-state index is -1.18. The molecule has 3 rings (SSSR count). The third kappa shape index (κ3) is 4.01. The Morgan fingerprint density at radius 3 is 2.79 bits per heavy atom. The third-order valence-electron chi connectivity index (χ3n) is 4.71. The predicted octanol–water partition coefficient (Wildman–Crippen LogP) is 3.35. The standard InChI is InChI=1S/C20H22N2O5S/c1-11-4-7-15-13(8-11)9-16(28-15)19(23)22-21-10-12-5-6-14(26-2)18(27-3)17(12)20(24)25/h5-6,9-11H,4,7-8H2,1-3H3,(H,22,23)(H,24,25)/b21-10-/t11-/m0/s1. The Kier molecular flexibility index (Phi) is 5.99. The molecule has 2 N–H and O–H groups in total. The van der Waals surface area contributed by atoms with Crippen LogP contribution in [-0.4, -0.2) is 37.4 Å². The molecule has 0 saturated heterocycles. The second-order valence-electron chi connectivity index (χ2n) is 6.68. The molecular weight excluding hydrogens is 380 g/mol. The van der Waals surface area contributed by atoms with Crippen molar-refractivity contribution in [1.82, 2.24) is 5.43 Å². The summed E-state index contributed by atoms with van der Waals surface area (Å²) in [5.74, 6) is -0.440. The number of hydrazone groups is 1. The van der Waals surface area contributed by atoms with Crippen molar-refractivity contribution in [2.24, 2.45) is 11.0 Å². The highest BCUT2D eigenvalue weighted by Gasteiger charge is 2.21. The van der Waals surface area contributed by atoms with Crippen LogP contribution in [0, 0.1) is 5.92 Å². The van der Waals surface area contributed by atoms with Gasteiger partial charge in [0.25, 0.3) is 5.91 Å². The number of thiophene rings is 1. The van der Waals surface area contributed by atoms with Gasteiger partial charge in [0.2, 0.25) is 0 Å². The molecule has 1 amide bonds. The van der Waals surface area contributed by atoms with E-state index in [1.807, 2.05) is 6.07 Å². The molecule has 0 aliphatic heterocycles. The molecular formula is C20H22N2O5S. The van der Waals surface area contributed by atoms with E-state index in [0.29, 0.717) is 22.1 Å². The monoisotopic (exact) mass is 402 g/mol. The Hall–Kier alpha value is -2.87. The Morgan fingerprint density at radius 1 is 1.32 bits per heavy atom. The number of aromatic carboxylic acids is 1. The predicted molar refractivity (Wildman–Crippen MR) is 107 cm³/mol. The Bertz CT molecular complexity index is 935. The largest absolute Gasteiger partial charge is 0.493 e. The quantitative estimate of drug-likeness (QED) is 0.570. The van der Waals surface area contributed by atoms with Gasteiger partial charge in [0.05, 0.1) is 25.3 Å². The van der Waals surface area contributed by atoms with Crippen LogP contribution in [0.1, 0.15) is 49.4 Å². The molecule has 1 aromatic carbocycles. The summed E-state index contributed by atoms with van der Waals surface area (Å²) >= 11 is 1.49. The SMILES string of the molecule is COc1ccc(/C=N\NC(=O)c2cc3c(s2)CC[C@H](C)C3)c(C(=O)O)c1OC. The number of aryl methyl sites for hydroxylation is 1. The lowest BCUT2D eigenvalue weighted by molar-refractivity contribution is 0.0692. The highest BCUT2D eigenvalue weighted by Crippen LogP contribution is 2.33. The van der Waals surface area contributed by atoms with Gasteiger partial charge in [0.15, 0.2) is 11.5 Å². The molecule has 0 unspecified atom stereocenters. The molecule has 2 aromatic rings. The average Bonchev–Trinajstić information content (AvgIpc) is 3.10. The molecule has 8 heteroatoms. The normalized spacial score (nSPS) is 15.9. The van der Waals surface area contributed by atoms with Crippen molar-refractivity contribution < 1.29 is 24.2 Å². The molecule has 7 nitrogen and oxygen atoms in total. The molecule has 0 bridgehead atoms. The van der Waals surface area contributed by atoms with Crippen molar-refractivity contribution in [3.63, 3.8) is 0 Å². The van der Waals surface area contributed by atoms with Crippen LogP contribution in [0.4, 0.5) is 0 Å². The summed E-state index contributed by atoms with van der Waals surface area (Å²) in [6.45, 7) is 2.22. The van der Waals surface area contributed by atoms with Crippen LogP contribution >= 0.6 is 11.3 Å². The molecule has 1 aromatic heterocycles. The van der Waals surface area contributed by atoms with Gasteiger partial charge in [-0.2, -0.15) is 5.10 Å². The molecule has 0 spiro atoms. The summed E-state index contributed by atoms with van der Waals surface area (Å²) in [6, 6.07) is 5.06. The maximum atomic E-state index is 12.4. The van der Waals surface area contributed by atoms with Crippen molar-refractivity contribution in [2.45, 2.75) is 26.2 Å². The van der Waals surface area contributed by atoms with E-state index in [0.717, 1.165) is 19.3 Å². The molecule has 1 heterocycles. The van der Waals surface area contributed by atoms with E-state index in [1.165, 1.54) is 42.2 Å². The topological polar surface area (TPSA) is 97.2 Å². The molecule has 0 fully saturated rings. The van der Waals surface area contributed by atoms with Gasteiger partial charge in [-0.3, -0.25) is 4.79 Å². The van der Waals surface area contributed by atoms with Gasteiger partial charge in [-0.1, -0.05) is 6.92 Å². The van der Waals surface area contributed by atoms with Crippen LogP contribution in [0.2, 0.25) is 0 Å². The van der Waals surface area contributed by atoms with Crippen LogP contribution in [-0.2, 0) is 12.8 Å². The van der Waals surface area contributed by atoms with E-state index in [2.05, 4.69) is 17.5 Å². The summed E-state index contributed by atoms with van der Waals surface area (Å²) in [5, 5.41) is 13.5. The number of carboxylic acid groups (broad SMARTS) is 1. The zero-order valence-corrected chi connectivity index (χ0v) is 16.8. The second-order valence-corrected chi connectivity index (χ2v) is 7.81. The Morgan fingerprint density at radius 2 is 2.11 bits per heavy atom. The highest BCUT2D eigenvalue weighted by molar-refractivity contribution is 7.14. The maximum absolute atomic E-state index is 12.4. The Labute approximate surface area is 167 Å². The van der Waals surface area contributed by atoms with Gasteiger partial charge in [-0.15, -0.1) is 11.3 Å². The number of carboxylic acids is 1. The number of hydrogen-bond acceptors (Lipinski definition) is 6. The van der Waals surface area contributed by atoms with Crippen LogP contribution in [0.5, 0.6) is 11.5 Å². The van der Waals surface area contributed by atoms with Gasteiger partial charge in [0.1, 0.15) is 5.56 Å². The first kappa shape index (κ1) is 19.9. The summed E-state index contributed by atoms with van der Waals surface area (Å²) in [6.07, 6.45) is 4.43. The van der Waals surface area contributed by atoms with Crippen molar-refractivity contribution in [2.75, 3.05) is 14.2 Å². The number of nitrogens with zero attached hydrogens (tertiary/aromatic N) is 1. The minimum absolute atomic E-state index is 0.0829. The van der Waals surface area contributed by atoms with Crippen LogP contribution in [0.25, 0.3) is 0 Å². The van der Waals surface area contributed by atoms with Crippen LogP contribution in [0.15, 0.2) is 23.3 Å². The number of nitrogens with one attached hydrogen (secondary N) is 1. The molecule has 1 aliphatic carbocycles. The Balaban J connectivity index is 1.78. The lowest BCUT2D eigenvalue weighted by atomic mass is 9.90. The number of hydrogen-bond donors (Lipinski definition) is 2. The van der Waals surface area contributed by atoms with Gasteiger partial charge in [-0.05, 0) is 48.9 Å². The van der Waals surface area contributed by atoms with E-state index in [9.17, 15) is 14.7 Å². The minimum Gasteiger partial charge on any atom is -0.493 e. The van der Waals surface area contributed by atoms with Crippen LogP contribution in [0.3, 0.4) is 0 Å². The lowest BCUT2D eigenvalue weighted by Crippen LogP contribution is -2.16. The number of benzene rings is 1. The fraction of sp³-hybridized carbons (Fsp3) is 0.350. The fourth-order valence-corrected chi connectivity index (χ4v) is 4.40. The number of ether oxygens (including phenoxy) is 2. The van der Waals surface area contributed by atoms with Gasteiger partial charge < -0.3 is 14.6 Å².